The van der Waals surface area contributed by atoms with Gasteiger partial charge in [0.05, 0.1) is 17.9 Å². The zero-order valence-electron chi connectivity index (χ0n) is 15.2. The van der Waals surface area contributed by atoms with Crippen molar-refractivity contribution in [1.29, 1.82) is 0 Å². The topological polar surface area (TPSA) is 75.7 Å². The lowest BCUT2D eigenvalue weighted by molar-refractivity contribution is -0.116. The van der Waals surface area contributed by atoms with E-state index in [0.717, 1.165) is 0 Å². The highest BCUT2D eigenvalue weighted by atomic mass is 35.5. The molecular formula is C20H21ClN2O4. The number of nitrogens with zero attached hydrogens (tertiary/aromatic N) is 1. The Labute approximate surface area is 163 Å². The van der Waals surface area contributed by atoms with Crippen LogP contribution in [-0.2, 0) is 9.53 Å². The van der Waals surface area contributed by atoms with Crippen molar-refractivity contribution in [3.8, 4) is 0 Å². The number of halogens is 1. The van der Waals surface area contributed by atoms with Crippen LogP contribution in [0.5, 0.6) is 0 Å². The molecule has 0 aliphatic carbocycles. The molecule has 0 saturated carbocycles. The number of para-hydroxylation sites is 1. The van der Waals surface area contributed by atoms with E-state index >= 15 is 0 Å². The SMILES string of the molecule is CCOC(=O)c1ccccc1N(CCNC(=O)c1ccc(Cl)cc1)C(C)=O. The Morgan fingerprint density at radius 2 is 1.74 bits per heavy atom. The molecule has 142 valence electrons. The normalized spacial score (nSPS) is 10.2. The molecule has 27 heavy (non-hydrogen) atoms. The molecule has 0 spiro atoms. The van der Waals surface area contributed by atoms with Gasteiger partial charge in [-0.2, -0.15) is 0 Å². The molecule has 6 nitrogen and oxygen atoms in total. The van der Waals surface area contributed by atoms with Gasteiger partial charge >= 0.3 is 5.97 Å². The van der Waals surface area contributed by atoms with Crippen molar-refractivity contribution in [3.63, 3.8) is 0 Å². The molecule has 7 heteroatoms. The fourth-order valence-corrected chi connectivity index (χ4v) is 2.65. The van der Waals surface area contributed by atoms with Crippen LogP contribution in [0, 0.1) is 0 Å². The summed E-state index contributed by atoms with van der Waals surface area (Å²) < 4.78 is 5.05. The molecule has 0 atom stereocenters. The Balaban J connectivity index is 2.08. The van der Waals surface area contributed by atoms with E-state index in [4.69, 9.17) is 16.3 Å². The second kappa shape index (κ2) is 9.73. The summed E-state index contributed by atoms with van der Waals surface area (Å²) in [4.78, 5) is 37.9. The van der Waals surface area contributed by atoms with Crippen molar-refractivity contribution in [2.24, 2.45) is 0 Å². The molecule has 0 aliphatic heterocycles. The number of hydrogen-bond acceptors (Lipinski definition) is 4. The number of rotatable bonds is 7. The van der Waals surface area contributed by atoms with Gasteiger partial charge in [-0.1, -0.05) is 23.7 Å². The smallest absolute Gasteiger partial charge is 0.340 e. The van der Waals surface area contributed by atoms with Gasteiger partial charge < -0.3 is 15.0 Å². The minimum absolute atomic E-state index is 0.213. The highest BCUT2D eigenvalue weighted by Crippen LogP contribution is 2.21. The van der Waals surface area contributed by atoms with Gasteiger partial charge in [-0.05, 0) is 43.3 Å². The number of anilines is 1. The number of ether oxygens (including phenoxy) is 1. The lowest BCUT2D eigenvalue weighted by atomic mass is 10.1. The maximum atomic E-state index is 12.2. The van der Waals surface area contributed by atoms with Gasteiger partial charge in [0.15, 0.2) is 0 Å². The number of esters is 1. The number of nitrogens with one attached hydrogen (secondary N) is 1. The van der Waals surface area contributed by atoms with Crippen LogP contribution in [-0.4, -0.2) is 37.5 Å². The largest absolute Gasteiger partial charge is 0.462 e. The van der Waals surface area contributed by atoms with Gasteiger partial charge in [-0.3, -0.25) is 9.59 Å². The van der Waals surface area contributed by atoms with Crippen LogP contribution in [0.15, 0.2) is 48.5 Å². The summed E-state index contributed by atoms with van der Waals surface area (Å²) in [5.74, 6) is -1.01. The fourth-order valence-electron chi connectivity index (χ4n) is 2.52. The number of carbonyl (C=O) groups excluding carboxylic acids is 3. The third kappa shape index (κ3) is 5.56. The van der Waals surface area contributed by atoms with Crippen LogP contribution < -0.4 is 10.2 Å². The summed E-state index contributed by atoms with van der Waals surface area (Å²) in [7, 11) is 0. The van der Waals surface area contributed by atoms with Crippen LogP contribution in [0.2, 0.25) is 5.02 Å². The van der Waals surface area contributed by atoms with Crippen molar-refractivity contribution in [2.45, 2.75) is 13.8 Å². The van der Waals surface area contributed by atoms with Gasteiger partial charge in [-0.25, -0.2) is 4.79 Å². The highest BCUT2D eigenvalue weighted by Gasteiger charge is 2.20. The lowest BCUT2D eigenvalue weighted by Crippen LogP contribution is -2.38. The quantitative estimate of drug-likeness (QED) is 0.738. The first kappa shape index (κ1) is 20.5. The number of amides is 2. The van der Waals surface area contributed by atoms with Crippen LogP contribution in [0.4, 0.5) is 5.69 Å². The average Bonchev–Trinajstić information content (AvgIpc) is 2.65. The molecule has 0 aromatic heterocycles. The van der Waals surface area contributed by atoms with E-state index in [1.165, 1.54) is 11.8 Å². The molecular weight excluding hydrogens is 368 g/mol. The Kier molecular flexibility index (Phi) is 7.37. The second-order valence-corrected chi connectivity index (χ2v) is 6.11. The minimum Gasteiger partial charge on any atom is -0.462 e. The van der Waals surface area contributed by atoms with E-state index in [9.17, 15) is 14.4 Å². The summed E-state index contributed by atoms with van der Waals surface area (Å²) in [6, 6.07) is 13.2. The molecule has 2 rings (SSSR count). The third-order valence-electron chi connectivity index (χ3n) is 3.80. The molecule has 2 amide bonds. The molecule has 0 fully saturated rings. The van der Waals surface area contributed by atoms with Gasteiger partial charge in [0, 0.05) is 30.6 Å². The maximum absolute atomic E-state index is 12.2. The van der Waals surface area contributed by atoms with Gasteiger partial charge in [0.25, 0.3) is 5.91 Å². The number of carbonyl (C=O) groups is 3. The molecule has 0 aliphatic rings. The zero-order valence-corrected chi connectivity index (χ0v) is 16.0. The Bertz CT molecular complexity index is 821. The molecule has 0 unspecified atom stereocenters. The first-order valence-corrected chi connectivity index (χ1v) is 8.89. The first-order chi connectivity index (χ1) is 12.9. The summed E-state index contributed by atoms with van der Waals surface area (Å²) in [5, 5.41) is 3.30. The summed E-state index contributed by atoms with van der Waals surface area (Å²) in [5.41, 5.74) is 1.23. The van der Waals surface area contributed by atoms with E-state index in [0.29, 0.717) is 21.8 Å². The van der Waals surface area contributed by atoms with Crippen LogP contribution in [0.3, 0.4) is 0 Å². The molecule has 0 bridgehead atoms. The Morgan fingerprint density at radius 1 is 1.07 bits per heavy atom. The molecule has 0 heterocycles. The number of hydrogen-bond donors (Lipinski definition) is 1. The minimum atomic E-state index is -0.496. The Morgan fingerprint density at radius 3 is 2.37 bits per heavy atom. The van der Waals surface area contributed by atoms with Gasteiger partial charge in [0.2, 0.25) is 5.91 Å². The van der Waals surface area contributed by atoms with Crippen molar-refractivity contribution in [1.82, 2.24) is 5.32 Å². The number of benzene rings is 2. The zero-order chi connectivity index (χ0) is 19.8. The van der Waals surface area contributed by atoms with Crippen LogP contribution in [0.25, 0.3) is 0 Å². The summed E-state index contributed by atoms with van der Waals surface area (Å²) in [6.07, 6.45) is 0. The van der Waals surface area contributed by atoms with E-state index in [2.05, 4.69) is 5.32 Å². The van der Waals surface area contributed by atoms with Crippen molar-refractivity contribution in [2.75, 3.05) is 24.6 Å². The summed E-state index contributed by atoms with van der Waals surface area (Å²) in [6.45, 7) is 3.80. The molecule has 0 radical (unpaired) electrons. The third-order valence-corrected chi connectivity index (χ3v) is 4.05. The maximum Gasteiger partial charge on any atom is 0.340 e. The monoisotopic (exact) mass is 388 g/mol. The Hall–Kier alpha value is -2.86. The average molecular weight is 389 g/mol. The van der Waals surface area contributed by atoms with E-state index in [1.807, 2.05) is 0 Å². The van der Waals surface area contributed by atoms with Gasteiger partial charge in [-0.15, -0.1) is 0 Å². The van der Waals surface area contributed by atoms with E-state index < -0.39 is 5.97 Å². The summed E-state index contributed by atoms with van der Waals surface area (Å²) >= 11 is 5.81. The second-order valence-electron chi connectivity index (χ2n) is 5.67. The molecule has 2 aromatic carbocycles. The highest BCUT2D eigenvalue weighted by molar-refractivity contribution is 6.30. The van der Waals surface area contributed by atoms with Crippen LogP contribution in [0.1, 0.15) is 34.6 Å². The fraction of sp³-hybridized carbons (Fsp3) is 0.250. The van der Waals surface area contributed by atoms with Crippen molar-refractivity contribution >= 4 is 35.1 Å². The van der Waals surface area contributed by atoms with Crippen molar-refractivity contribution in [3.05, 3.63) is 64.7 Å². The van der Waals surface area contributed by atoms with E-state index in [1.54, 1.807) is 55.5 Å². The molecule has 2 aromatic rings. The predicted molar refractivity (Wildman–Crippen MR) is 104 cm³/mol. The lowest BCUT2D eigenvalue weighted by Gasteiger charge is -2.23. The van der Waals surface area contributed by atoms with E-state index in [-0.39, 0.29) is 31.5 Å². The molecule has 1 N–H and O–H groups in total. The molecule has 0 saturated heterocycles. The van der Waals surface area contributed by atoms with Crippen molar-refractivity contribution < 1.29 is 19.1 Å². The predicted octanol–water partition coefficient (Wildman–Crippen LogP) is 3.30. The standard InChI is InChI=1S/C20H21ClN2O4/c1-3-27-20(26)17-6-4-5-7-18(17)23(14(2)24)13-12-22-19(25)15-8-10-16(21)11-9-15/h4-11H,3,12-13H2,1-2H3,(H,22,25). The van der Waals surface area contributed by atoms with Gasteiger partial charge in [0.1, 0.15) is 0 Å². The van der Waals surface area contributed by atoms with Crippen LogP contribution >= 0.6 is 11.6 Å². The first-order valence-electron chi connectivity index (χ1n) is 8.52.